The first-order chi connectivity index (χ1) is 12.2. The van der Waals surface area contributed by atoms with E-state index in [-0.39, 0.29) is 39.7 Å². The molecule has 2 aliphatic heterocycles. The molecule has 3 aliphatic rings. The quantitative estimate of drug-likeness (QED) is 0.788. The van der Waals surface area contributed by atoms with Gasteiger partial charge in [0.2, 0.25) is 5.60 Å². The Balaban J connectivity index is 1.96. The third kappa shape index (κ3) is 2.57. The normalized spacial score (nSPS) is 26.0. The molecule has 1 atom stereocenters. The number of nitrogens with zero attached hydrogens (tertiary/aromatic N) is 2. The molecule has 2 heterocycles. The smallest absolute Gasteiger partial charge is 0.356 e. The SMILES string of the molecule is CC1(COC2(C(F)(F)F)C3=CC=CN(O)C3=Nc3ccc(Cl)cc32)CC1. The van der Waals surface area contributed by atoms with Crippen LogP contribution < -0.4 is 0 Å². The number of allylic oxidation sites excluding steroid dienone is 2. The van der Waals surface area contributed by atoms with Crippen LogP contribution in [0.4, 0.5) is 18.9 Å². The molecule has 1 aliphatic carbocycles. The lowest BCUT2D eigenvalue weighted by Gasteiger charge is -2.43. The van der Waals surface area contributed by atoms with Gasteiger partial charge in [0.05, 0.1) is 12.3 Å². The second-order valence-electron chi connectivity index (χ2n) is 7.14. The van der Waals surface area contributed by atoms with Gasteiger partial charge in [-0.05, 0) is 42.5 Å². The van der Waals surface area contributed by atoms with Crippen LogP contribution in [-0.4, -0.2) is 28.9 Å². The predicted molar refractivity (Wildman–Crippen MR) is 90.4 cm³/mol. The highest BCUT2D eigenvalue weighted by atomic mass is 35.5. The van der Waals surface area contributed by atoms with Gasteiger partial charge in [0.15, 0.2) is 5.84 Å². The Morgan fingerprint density at radius 3 is 2.73 bits per heavy atom. The molecule has 4 nitrogen and oxygen atoms in total. The fourth-order valence-corrected chi connectivity index (χ4v) is 3.38. The van der Waals surface area contributed by atoms with Crippen LogP contribution in [0.1, 0.15) is 25.3 Å². The summed E-state index contributed by atoms with van der Waals surface area (Å²) in [7, 11) is 0. The largest absolute Gasteiger partial charge is 0.426 e. The minimum absolute atomic E-state index is 0.0573. The molecule has 1 unspecified atom stereocenters. The zero-order chi connectivity index (χ0) is 18.7. The van der Waals surface area contributed by atoms with Crippen molar-refractivity contribution >= 4 is 23.1 Å². The van der Waals surface area contributed by atoms with E-state index in [1.807, 2.05) is 6.92 Å². The number of rotatable bonds is 3. The Morgan fingerprint density at radius 1 is 1.35 bits per heavy atom. The van der Waals surface area contributed by atoms with Gasteiger partial charge in [-0.15, -0.1) is 0 Å². The Kier molecular flexibility index (Phi) is 3.77. The molecule has 0 aromatic heterocycles. The van der Waals surface area contributed by atoms with E-state index in [4.69, 9.17) is 16.3 Å². The number of benzene rings is 1. The van der Waals surface area contributed by atoms with E-state index in [9.17, 15) is 18.4 Å². The van der Waals surface area contributed by atoms with E-state index >= 15 is 0 Å². The molecule has 0 radical (unpaired) electrons. The van der Waals surface area contributed by atoms with Crippen LogP contribution in [0.2, 0.25) is 5.02 Å². The van der Waals surface area contributed by atoms with Crippen molar-refractivity contribution in [3.05, 3.63) is 52.7 Å². The molecule has 8 heteroatoms. The first kappa shape index (κ1) is 17.6. The topological polar surface area (TPSA) is 45.1 Å². The Labute approximate surface area is 153 Å². The standard InChI is InChI=1S/C18H16ClF3N2O2/c1-16(6-7-16)10-26-17(18(20,21)22)12-3-2-8-24(25)15(12)23-14-5-4-11(19)9-13(14)17/h2-5,8-9,25H,6-7,10H2,1H3. The van der Waals surface area contributed by atoms with Crippen LogP contribution in [0.5, 0.6) is 0 Å². The molecule has 1 N–H and O–H groups in total. The second-order valence-corrected chi connectivity index (χ2v) is 7.58. The van der Waals surface area contributed by atoms with Crippen molar-refractivity contribution in [2.75, 3.05) is 6.61 Å². The molecular formula is C18H16ClF3N2O2. The summed E-state index contributed by atoms with van der Waals surface area (Å²) in [5, 5.41) is 10.8. The highest BCUT2D eigenvalue weighted by Crippen LogP contribution is 2.56. The van der Waals surface area contributed by atoms with Gasteiger partial charge >= 0.3 is 6.18 Å². The molecule has 138 valence electrons. The number of alkyl halides is 3. The molecule has 1 aromatic carbocycles. The van der Waals surface area contributed by atoms with Gasteiger partial charge in [-0.2, -0.15) is 13.2 Å². The van der Waals surface area contributed by atoms with Crippen molar-refractivity contribution < 1.29 is 23.1 Å². The lowest BCUT2D eigenvalue weighted by atomic mass is 9.80. The number of halogens is 4. The van der Waals surface area contributed by atoms with Crippen molar-refractivity contribution in [3.63, 3.8) is 0 Å². The summed E-state index contributed by atoms with van der Waals surface area (Å²) < 4.78 is 49.2. The van der Waals surface area contributed by atoms with Crippen molar-refractivity contribution in [2.45, 2.75) is 31.5 Å². The minimum atomic E-state index is -4.78. The maximum Gasteiger partial charge on any atom is 0.426 e. The number of fused-ring (bicyclic) bond motifs is 2. The lowest BCUT2D eigenvalue weighted by Crippen LogP contribution is -2.53. The minimum Gasteiger partial charge on any atom is -0.356 e. The predicted octanol–water partition coefficient (Wildman–Crippen LogP) is 5.10. The van der Waals surface area contributed by atoms with Crippen molar-refractivity contribution in [1.82, 2.24) is 5.06 Å². The fourth-order valence-electron chi connectivity index (χ4n) is 3.21. The summed E-state index contributed by atoms with van der Waals surface area (Å²) in [4.78, 5) is 4.19. The number of ether oxygens (including phenoxy) is 1. The number of amidine groups is 1. The Morgan fingerprint density at radius 2 is 2.08 bits per heavy atom. The number of aliphatic imine (C=N–C) groups is 1. The highest BCUT2D eigenvalue weighted by molar-refractivity contribution is 6.30. The monoisotopic (exact) mass is 384 g/mol. The molecule has 0 spiro atoms. The first-order valence-corrected chi connectivity index (χ1v) is 8.51. The fraction of sp³-hybridized carbons (Fsp3) is 0.389. The summed E-state index contributed by atoms with van der Waals surface area (Å²) >= 11 is 6.00. The average molecular weight is 385 g/mol. The van der Waals surface area contributed by atoms with Gasteiger partial charge in [-0.1, -0.05) is 24.6 Å². The van der Waals surface area contributed by atoms with Crippen molar-refractivity contribution in [1.29, 1.82) is 0 Å². The van der Waals surface area contributed by atoms with E-state index in [0.717, 1.165) is 12.8 Å². The summed E-state index contributed by atoms with van der Waals surface area (Å²) in [6, 6.07) is 4.10. The van der Waals surface area contributed by atoms with Gasteiger partial charge < -0.3 is 4.74 Å². The Hall–Kier alpha value is -1.83. The summed E-state index contributed by atoms with van der Waals surface area (Å²) in [5.41, 5.74) is -3.37. The lowest BCUT2D eigenvalue weighted by molar-refractivity contribution is -0.270. The third-order valence-electron chi connectivity index (χ3n) is 5.03. The molecule has 26 heavy (non-hydrogen) atoms. The van der Waals surface area contributed by atoms with Gasteiger partial charge in [0.1, 0.15) is 0 Å². The van der Waals surface area contributed by atoms with Crippen molar-refractivity contribution in [3.8, 4) is 0 Å². The van der Waals surface area contributed by atoms with Gasteiger partial charge in [-0.3, -0.25) is 5.21 Å². The summed E-state index contributed by atoms with van der Waals surface area (Å²) in [5.74, 6) is -0.208. The van der Waals surface area contributed by atoms with Crippen LogP contribution >= 0.6 is 11.6 Å². The summed E-state index contributed by atoms with van der Waals surface area (Å²) in [6.07, 6.45) is 0.679. The highest BCUT2D eigenvalue weighted by Gasteiger charge is 2.64. The maximum atomic E-state index is 14.5. The summed E-state index contributed by atoms with van der Waals surface area (Å²) in [6.45, 7) is 1.83. The molecule has 1 fully saturated rings. The van der Waals surface area contributed by atoms with E-state index in [1.54, 1.807) is 0 Å². The maximum absolute atomic E-state index is 14.5. The molecule has 0 bridgehead atoms. The van der Waals surface area contributed by atoms with Crippen LogP contribution in [0.25, 0.3) is 0 Å². The molecule has 1 aromatic rings. The Bertz CT molecular complexity index is 858. The molecular weight excluding hydrogens is 369 g/mol. The van der Waals surface area contributed by atoms with Crippen LogP contribution in [0.15, 0.2) is 47.1 Å². The number of hydrogen-bond acceptors (Lipinski definition) is 4. The van der Waals surface area contributed by atoms with E-state index in [0.29, 0.717) is 5.06 Å². The molecule has 4 rings (SSSR count). The number of hydroxylamine groups is 2. The second kappa shape index (κ2) is 5.58. The zero-order valence-corrected chi connectivity index (χ0v) is 14.6. The molecule has 0 saturated heterocycles. The van der Waals surface area contributed by atoms with E-state index < -0.39 is 11.8 Å². The van der Waals surface area contributed by atoms with E-state index in [2.05, 4.69) is 4.99 Å². The zero-order valence-electron chi connectivity index (χ0n) is 13.8. The molecule has 0 amide bonds. The number of hydrogen-bond donors (Lipinski definition) is 1. The van der Waals surface area contributed by atoms with Gasteiger partial charge in [-0.25, -0.2) is 10.1 Å². The van der Waals surface area contributed by atoms with Crippen molar-refractivity contribution in [2.24, 2.45) is 10.4 Å². The third-order valence-corrected chi connectivity index (χ3v) is 5.27. The van der Waals surface area contributed by atoms with Crippen LogP contribution in [0, 0.1) is 5.41 Å². The first-order valence-electron chi connectivity index (χ1n) is 8.13. The van der Waals surface area contributed by atoms with Crippen LogP contribution in [-0.2, 0) is 10.3 Å². The van der Waals surface area contributed by atoms with Gasteiger partial charge in [0, 0.05) is 22.4 Å². The van der Waals surface area contributed by atoms with E-state index in [1.165, 1.54) is 36.6 Å². The van der Waals surface area contributed by atoms with Crippen LogP contribution in [0.3, 0.4) is 0 Å². The van der Waals surface area contributed by atoms with Gasteiger partial charge in [0.25, 0.3) is 0 Å². The average Bonchev–Trinajstić information content (AvgIpc) is 3.29. The molecule has 1 saturated carbocycles.